The number of nitrogens with zero attached hydrogens (tertiary/aromatic N) is 6. The first-order valence-electron chi connectivity index (χ1n) is 17.1. The van der Waals surface area contributed by atoms with Crippen LogP contribution in [0.5, 0.6) is 0 Å². The van der Waals surface area contributed by atoms with Crippen molar-refractivity contribution in [3.63, 3.8) is 0 Å². The average molecular weight is 702 g/mol. The van der Waals surface area contributed by atoms with Crippen LogP contribution >= 0.6 is 11.6 Å². The minimum absolute atomic E-state index is 0.0350. The van der Waals surface area contributed by atoms with Crippen molar-refractivity contribution < 1.29 is 18.8 Å². The van der Waals surface area contributed by atoms with Crippen LogP contribution in [0.3, 0.4) is 0 Å². The van der Waals surface area contributed by atoms with Gasteiger partial charge in [0.05, 0.1) is 29.7 Å². The second kappa shape index (κ2) is 13.2. The summed E-state index contributed by atoms with van der Waals surface area (Å²) in [6.45, 7) is 7.05. The number of rotatable bonds is 9. The molecule has 2 aromatic carbocycles. The Morgan fingerprint density at radius 3 is 2.66 bits per heavy atom. The lowest BCUT2D eigenvalue weighted by atomic mass is 9.92. The highest BCUT2D eigenvalue weighted by molar-refractivity contribution is 6.33. The number of imide groups is 1. The number of carbonyl (C=O) groups excluding carboxylic acids is 3. The molecular weight excluding hydrogens is 661 g/mol. The smallest absolute Gasteiger partial charge is 0.235 e. The first-order chi connectivity index (χ1) is 23.8. The molecule has 0 unspecified atom stereocenters. The van der Waals surface area contributed by atoms with Gasteiger partial charge in [-0.25, -0.2) is 9.37 Å². The van der Waals surface area contributed by atoms with E-state index in [0.717, 1.165) is 53.0 Å². The highest BCUT2D eigenvalue weighted by atomic mass is 35.5. The van der Waals surface area contributed by atoms with E-state index in [1.54, 1.807) is 15.8 Å². The maximum atomic E-state index is 14.1. The van der Waals surface area contributed by atoms with E-state index in [-0.39, 0.29) is 42.5 Å². The van der Waals surface area contributed by atoms with Gasteiger partial charge in [-0.3, -0.25) is 24.4 Å². The van der Waals surface area contributed by atoms with Gasteiger partial charge in [-0.1, -0.05) is 18.5 Å². The number of piperidine rings is 2. The molecule has 12 nitrogen and oxygen atoms in total. The van der Waals surface area contributed by atoms with Crippen molar-refractivity contribution in [1.82, 2.24) is 25.1 Å². The molecule has 0 bridgehead atoms. The van der Waals surface area contributed by atoms with Crippen molar-refractivity contribution in [2.24, 2.45) is 13.0 Å². The van der Waals surface area contributed by atoms with E-state index in [2.05, 4.69) is 43.9 Å². The molecule has 0 spiro atoms. The van der Waals surface area contributed by atoms with Crippen molar-refractivity contribution in [2.45, 2.75) is 70.5 Å². The molecule has 5 heterocycles. The molecule has 4 aromatic rings. The quantitative estimate of drug-likeness (QED) is 0.190. The Labute approximate surface area is 294 Å². The third kappa shape index (κ3) is 6.83. The summed E-state index contributed by atoms with van der Waals surface area (Å²) in [6.07, 6.45) is 3.75. The van der Waals surface area contributed by atoms with Crippen LogP contribution in [0, 0.1) is 5.92 Å². The third-order valence-electron chi connectivity index (χ3n) is 9.93. The lowest BCUT2D eigenvalue weighted by Gasteiger charge is -2.37. The van der Waals surface area contributed by atoms with Crippen LogP contribution in [0.25, 0.3) is 10.9 Å². The van der Waals surface area contributed by atoms with Crippen LogP contribution in [0.1, 0.15) is 63.6 Å². The fourth-order valence-corrected chi connectivity index (χ4v) is 7.30. The molecule has 0 saturated carbocycles. The van der Waals surface area contributed by atoms with Crippen molar-refractivity contribution in [2.75, 3.05) is 40.1 Å². The van der Waals surface area contributed by atoms with Crippen molar-refractivity contribution >= 4 is 69.1 Å². The number of nitrogens with one attached hydrogen (secondary N) is 3. The zero-order valence-corrected chi connectivity index (χ0v) is 29.4. The van der Waals surface area contributed by atoms with Gasteiger partial charge in [0.2, 0.25) is 23.7 Å². The van der Waals surface area contributed by atoms with Crippen LogP contribution in [0.15, 0.2) is 42.6 Å². The van der Waals surface area contributed by atoms with Gasteiger partial charge in [-0.15, -0.1) is 0 Å². The largest absolute Gasteiger partial charge is 0.382 e. The molecule has 7 rings (SSSR count). The van der Waals surface area contributed by atoms with Crippen molar-refractivity contribution in [1.29, 1.82) is 0 Å². The van der Waals surface area contributed by atoms with Crippen LogP contribution in [0.2, 0.25) is 5.02 Å². The SMILES string of the molecule is C[C@@H]1CN(c2ncc(Cl)c(Nc3ccc4c(c3)CC(=O)N4CCC(C)(C)F)n2)CC[C@H]1Nc1ccc2c([C@H]3CCC(=O)NC3=O)nn(C)c2c1. The van der Waals surface area contributed by atoms with Crippen LogP contribution in [-0.4, -0.2) is 68.8 Å². The third-order valence-corrected chi connectivity index (χ3v) is 10.2. The molecule has 50 heavy (non-hydrogen) atoms. The molecule has 3 aliphatic rings. The second-order valence-electron chi connectivity index (χ2n) is 14.2. The number of carbonyl (C=O) groups is 3. The number of fused-ring (bicyclic) bond motifs is 2. The van der Waals surface area contributed by atoms with Gasteiger partial charge in [0.1, 0.15) is 10.7 Å². The minimum atomic E-state index is -1.35. The summed E-state index contributed by atoms with van der Waals surface area (Å²) in [6, 6.07) is 12.0. The van der Waals surface area contributed by atoms with Gasteiger partial charge in [0.25, 0.3) is 0 Å². The number of halogens is 2. The van der Waals surface area contributed by atoms with Crippen LogP contribution in [0.4, 0.5) is 33.2 Å². The number of amides is 3. The monoisotopic (exact) mass is 701 g/mol. The fourth-order valence-electron chi connectivity index (χ4n) is 7.16. The number of aryl methyl sites for hydroxylation is 1. The molecule has 3 atom stereocenters. The lowest BCUT2D eigenvalue weighted by Crippen LogP contribution is -2.46. The van der Waals surface area contributed by atoms with E-state index in [1.165, 1.54) is 13.8 Å². The molecule has 2 saturated heterocycles. The first kappa shape index (κ1) is 33.7. The number of alkyl halides is 1. The predicted molar refractivity (Wildman–Crippen MR) is 192 cm³/mol. The second-order valence-corrected chi connectivity index (χ2v) is 14.6. The van der Waals surface area contributed by atoms with Gasteiger partial charge in [0, 0.05) is 61.6 Å². The molecule has 262 valence electrons. The summed E-state index contributed by atoms with van der Waals surface area (Å²) in [5.74, 6) is 0.315. The number of hydrogen-bond acceptors (Lipinski definition) is 9. The summed E-state index contributed by atoms with van der Waals surface area (Å²) < 4.78 is 15.9. The van der Waals surface area contributed by atoms with Gasteiger partial charge >= 0.3 is 0 Å². The molecule has 3 amide bonds. The van der Waals surface area contributed by atoms with Gasteiger partial charge in [-0.05, 0) is 81.0 Å². The summed E-state index contributed by atoms with van der Waals surface area (Å²) in [5, 5.41) is 15.4. The number of hydrogen-bond donors (Lipinski definition) is 3. The van der Waals surface area contributed by atoms with Crippen LogP contribution < -0.4 is 25.8 Å². The average Bonchev–Trinajstić information content (AvgIpc) is 3.56. The molecule has 0 aliphatic carbocycles. The molecule has 0 radical (unpaired) electrons. The van der Waals surface area contributed by atoms with E-state index in [1.807, 2.05) is 37.4 Å². The highest BCUT2D eigenvalue weighted by Crippen LogP contribution is 2.35. The number of anilines is 5. The summed E-state index contributed by atoms with van der Waals surface area (Å²) in [5.41, 5.74) is 3.68. The topological polar surface area (TPSA) is 137 Å². The van der Waals surface area contributed by atoms with E-state index in [0.29, 0.717) is 41.9 Å². The van der Waals surface area contributed by atoms with E-state index in [9.17, 15) is 18.8 Å². The minimum Gasteiger partial charge on any atom is -0.382 e. The predicted octanol–water partition coefficient (Wildman–Crippen LogP) is 5.63. The molecule has 2 fully saturated rings. The summed E-state index contributed by atoms with van der Waals surface area (Å²) in [7, 11) is 1.87. The Morgan fingerprint density at radius 2 is 1.90 bits per heavy atom. The Balaban J connectivity index is 1.00. The van der Waals surface area contributed by atoms with Gasteiger partial charge < -0.3 is 20.4 Å². The molecular formula is C36H41ClFN9O3. The maximum Gasteiger partial charge on any atom is 0.235 e. The Hall–Kier alpha value is -4.78. The standard InChI is InChI=1S/C36H41ClFN9O3/c1-20-19-46(13-11-27(20)40-23-5-7-24-29(17-23)45(4)44-32(24)25-8-10-30(48)42-34(25)50)35-39-18-26(37)33(43-35)41-22-6-9-28-21(15-22)16-31(49)47(28)14-12-36(2,3)38/h5-7,9,15,17-18,20,25,27,40H,8,10-14,16,19H2,1-4H3,(H,39,41,43)(H,42,48,50)/t20-,25-,27-/m1/s1. The Bertz CT molecular complexity index is 1990. The molecule has 14 heteroatoms. The molecule has 2 aromatic heterocycles. The molecule has 3 N–H and O–H groups in total. The van der Waals surface area contributed by atoms with E-state index < -0.39 is 11.6 Å². The lowest BCUT2D eigenvalue weighted by molar-refractivity contribution is -0.134. The zero-order valence-electron chi connectivity index (χ0n) is 28.6. The summed E-state index contributed by atoms with van der Waals surface area (Å²) >= 11 is 6.53. The van der Waals surface area contributed by atoms with Crippen molar-refractivity contribution in [3.05, 3.63) is 58.9 Å². The molecule has 3 aliphatic heterocycles. The number of benzene rings is 2. The summed E-state index contributed by atoms with van der Waals surface area (Å²) in [4.78, 5) is 50.0. The highest BCUT2D eigenvalue weighted by Gasteiger charge is 2.33. The van der Waals surface area contributed by atoms with E-state index in [4.69, 9.17) is 16.6 Å². The van der Waals surface area contributed by atoms with Crippen molar-refractivity contribution in [3.8, 4) is 0 Å². The first-order valence-corrected chi connectivity index (χ1v) is 17.4. The van der Waals surface area contributed by atoms with E-state index >= 15 is 0 Å². The normalized spacial score (nSPS) is 21.1. The fraction of sp³-hybridized carbons (Fsp3) is 0.444. The van der Waals surface area contributed by atoms with Gasteiger partial charge in [0.15, 0.2) is 5.82 Å². The maximum absolute atomic E-state index is 14.1. The Morgan fingerprint density at radius 1 is 1.10 bits per heavy atom. The Kier molecular flexibility index (Phi) is 8.87. The van der Waals surface area contributed by atoms with Gasteiger partial charge in [-0.2, -0.15) is 10.1 Å². The zero-order chi connectivity index (χ0) is 35.3. The van der Waals surface area contributed by atoms with Crippen LogP contribution in [-0.2, 0) is 27.9 Å². The number of aromatic nitrogens is 4.